The van der Waals surface area contributed by atoms with E-state index in [0.29, 0.717) is 17.7 Å². The summed E-state index contributed by atoms with van der Waals surface area (Å²) in [5.41, 5.74) is 2.01. The number of rotatable bonds is 4. The summed E-state index contributed by atoms with van der Waals surface area (Å²) in [6.45, 7) is 0.437. The van der Waals surface area contributed by atoms with Gasteiger partial charge in [-0.05, 0) is 29.8 Å². The highest BCUT2D eigenvalue weighted by Crippen LogP contribution is 2.12. The van der Waals surface area contributed by atoms with Crippen LogP contribution in [-0.2, 0) is 6.54 Å². The number of carbonyl (C=O) groups is 2. The zero-order valence-corrected chi connectivity index (χ0v) is 13.1. The minimum Gasteiger partial charge on any atom is -0.355 e. The third-order valence-corrected chi connectivity index (χ3v) is 3.39. The van der Waals surface area contributed by atoms with Crippen LogP contribution >= 0.6 is 11.6 Å². The van der Waals surface area contributed by atoms with E-state index in [1.807, 2.05) is 12.1 Å². The Morgan fingerprint density at radius 1 is 1.18 bits per heavy atom. The second-order valence-electron chi connectivity index (χ2n) is 4.80. The molecule has 0 radical (unpaired) electrons. The number of hydrogen-bond acceptors (Lipinski definition) is 3. The van der Waals surface area contributed by atoms with Gasteiger partial charge >= 0.3 is 0 Å². The summed E-state index contributed by atoms with van der Waals surface area (Å²) in [6, 6.07) is 10.3. The second kappa shape index (κ2) is 7.04. The average molecular weight is 318 g/mol. The lowest BCUT2D eigenvalue weighted by Gasteiger charge is -2.17. The molecule has 114 valence electrons. The number of nitrogens with one attached hydrogen (secondary N) is 1. The first-order chi connectivity index (χ1) is 10.5. The molecule has 0 unspecified atom stereocenters. The number of halogens is 1. The van der Waals surface area contributed by atoms with Gasteiger partial charge in [0.05, 0.1) is 0 Å². The van der Waals surface area contributed by atoms with Gasteiger partial charge in [0.15, 0.2) is 0 Å². The van der Waals surface area contributed by atoms with Gasteiger partial charge in [0, 0.05) is 38.0 Å². The number of carbonyl (C=O) groups excluding carboxylic acids is 2. The highest BCUT2D eigenvalue weighted by Gasteiger charge is 2.13. The quantitative estimate of drug-likeness (QED) is 0.881. The molecule has 1 heterocycles. The molecule has 2 amide bonds. The van der Waals surface area contributed by atoms with Crippen molar-refractivity contribution in [1.29, 1.82) is 0 Å². The van der Waals surface area contributed by atoms with Gasteiger partial charge in [-0.2, -0.15) is 0 Å². The fraction of sp³-hybridized carbons (Fsp3) is 0.188. The second-order valence-corrected chi connectivity index (χ2v) is 5.19. The van der Waals surface area contributed by atoms with E-state index in [2.05, 4.69) is 10.3 Å². The molecular formula is C16H16ClN3O2. The zero-order valence-electron chi connectivity index (χ0n) is 12.3. The number of nitrogens with zero attached hydrogens (tertiary/aromatic N) is 2. The van der Waals surface area contributed by atoms with Gasteiger partial charge in [0.25, 0.3) is 11.8 Å². The summed E-state index contributed by atoms with van der Waals surface area (Å²) in [7, 11) is 3.30. The highest BCUT2D eigenvalue weighted by molar-refractivity contribution is 6.29. The van der Waals surface area contributed by atoms with Crippen LogP contribution in [0.5, 0.6) is 0 Å². The van der Waals surface area contributed by atoms with Gasteiger partial charge in [-0.3, -0.25) is 9.59 Å². The highest BCUT2D eigenvalue weighted by atomic mass is 35.5. The van der Waals surface area contributed by atoms with Crippen molar-refractivity contribution >= 4 is 23.4 Å². The van der Waals surface area contributed by atoms with Gasteiger partial charge in [-0.1, -0.05) is 23.7 Å². The van der Waals surface area contributed by atoms with Crippen molar-refractivity contribution in [2.24, 2.45) is 0 Å². The molecule has 6 heteroatoms. The fourth-order valence-corrected chi connectivity index (χ4v) is 2.18. The van der Waals surface area contributed by atoms with Crippen LogP contribution in [0.2, 0.25) is 5.15 Å². The van der Waals surface area contributed by atoms with E-state index in [0.717, 1.165) is 5.56 Å². The molecule has 0 fully saturated rings. The van der Waals surface area contributed by atoms with E-state index in [4.69, 9.17) is 11.6 Å². The molecule has 2 aromatic rings. The van der Waals surface area contributed by atoms with Crippen LogP contribution in [0.15, 0.2) is 42.6 Å². The molecule has 22 heavy (non-hydrogen) atoms. The van der Waals surface area contributed by atoms with Crippen molar-refractivity contribution in [3.8, 4) is 0 Å². The van der Waals surface area contributed by atoms with E-state index in [1.54, 1.807) is 37.2 Å². The third-order valence-electron chi connectivity index (χ3n) is 3.18. The van der Waals surface area contributed by atoms with Crippen LogP contribution in [0.4, 0.5) is 0 Å². The standard InChI is InChI=1S/C16H16ClN3O2/c1-18-15(21)12-5-3-11(4-6-12)10-20(2)16(22)13-7-8-19-14(17)9-13/h3-9H,10H2,1-2H3,(H,18,21). The summed E-state index contributed by atoms with van der Waals surface area (Å²) in [5.74, 6) is -0.276. The van der Waals surface area contributed by atoms with E-state index in [9.17, 15) is 9.59 Å². The van der Waals surface area contributed by atoms with Crippen LogP contribution in [0.25, 0.3) is 0 Å². The van der Waals surface area contributed by atoms with Crippen molar-refractivity contribution < 1.29 is 9.59 Å². The monoisotopic (exact) mass is 317 g/mol. The van der Waals surface area contributed by atoms with Crippen molar-refractivity contribution in [1.82, 2.24) is 15.2 Å². The SMILES string of the molecule is CNC(=O)c1ccc(CN(C)C(=O)c2ccnc(Cl)c2)cc1. The first-order valence-electron chi connectivity index (χ1n) is 6.69. The van der Waals surface area contributed by atoms with Gasteiger partial charge in [-0.25, -0.2) is 4.98 Å². The first kappa shape index (κ1) is 16.0. The maximum Gasteiger partial charge on any atom is 0.254 e. The average Bonchev–Trinajstić information content (AvgIpc) is 2.54. The lowest BCUT2D eigenvalue weighted by Crippen LogP contribution is -2.26. The van der Waals surface area contributed by atoms with Gasteiger partial charge in [-0.15, -0.1) is 0 Å². The lowest BCUT2D eigenvalue weighted by molar-refractivity contribution is 0.0784. The predicted molar refractivity (Wildman–Crippen MR) is 84.9 cm³/mol. The number of amides is 2. The summed E-state index contributed by atoms with van der Waals surface area (Å²) in [5, 5.41) is 2.85. The largest absolute Gasteiger partial charge is 0.355 e. The Labute approximate surface area is 133 Å². The fourth-order valence-electron chi connectivity index (χ4n) is 2.01. The van der Waals surface area contributed by atoms with Crippen molar-refractivity contribution in [2.45, 2.75) is 6.54 Å². The Balaban J connectivity index is 2.06. The van der Waals surface area contributed by atoms with Crippen LogP contribution < -0.4 is 5.32 Å². The molecule has 1 N–H and O–H groups in total. The Bertz CT molecular complexity index is 686. The number of hydrogen-bond donors (Lipinski definition) is 1. The molecule has 0 saturated heterocycles. The number of benzene rings is 1. The van der Waals surface area contributed by atoms with E-state index in [-0.39, 0.29) is 17.0 Å². The smallest absolute Gasteiger partial charge is 0.254 e. The molecule has 0 spiro atoms. The molecule has 0 aliphatic rings. The number of aromatic nitrogens is 1. The van der Waals surface area contributed by atoms with Crippen LogP contribution in [-0.4, -0.2) is 35.8 Å². The topological polar surface area (TPSA) is 62.3 Å². The molecule has 0 atom stereocenters. The summed E-state index contributed by atoms with van der Waals surface area (Å²) >= 11 is 5.79. The molecule has 1 aromatic heterocycles. The third kappa shape index (κ3) is 3.83. The van der Waals surface area contributed by atoms with Crippen molar-refractivity contribution in [3.05, 3.63) is 64.4 Å². The molecular weight excluding hydrogens is 302 g/mol. The van der Waals surface area contributed by atoms with Crippen LogP contribution in [0.3, 0.4) is 0 Å². The minimum absolute atomic E-state index is 0.137. The predicted octanol–water partition coefficient (Wildman–Crippen LogP) is 2.37. The Morgan fingerprint density at radius 2 is 1.86 bits per heavy atom. The normalized spacial score (nSPS) is 10.1. The summed E-state index contributed by atoms with van der Waals surface area (Å²) in [6.07, 6.45) is 1.50. The first-order valence-corrected chi connectivity index (χ1v) is 7.07. The number of pyridine rings is 1. The maximum atomic E-state index is 12.3. The Kier molecular flexibility index (Phi) is 5.12. The van der Waals surface area contributed by atoms with Crippen molar-refractivity contribution in [2.75, 3.05) is 14.1 Å². The lowest BCUT2D eigenvalue weighted by atomic mass is 10.1. The molecule has 1 aromatic carbocycles. The van der Waals surface area contributed by atoms with E-state index in [1.165, 1.54) is 12.3 Å². The van der Waals surface area contributed by atoms with Crippen molar-refractivity contribution in [3.63, 3.8) is 0 Å². The molecule has 0 saturated carbocycles. The Hall–Kier alpha value is -2.40. The molecule has 0 aliphatic carbocycles. The van der Waals surface area contributed by atoms with E-state index >= 15 is 0 Å². The Morgan fingerprint density at radius 3 is 2.45 bits per heavy atom. The zero-order chi connectivity index (χ0) is 16.1. The van der Waals surface area contributed by atoms with E-state index < -0.39 is 0 Å². The summed E-state index contributed by atoms with van der Waals surface area (Å²) < 4.78 is 0. The molecule has 5 nitrogen and oxygen atoms in total. The minimum atomic E-state index is -0.139. The molecule has 0 bridgehead atoms. The maximum absolute atomic E-state index is 12.3. The van der Waals surface area contributed by atoms with Crippen LogP contribution in [0.1, 0.15) is 26.3 Å². The summed E-state index contributed by atoms with van der Waals surface area (Å²) in [4.78, 5) is 29.2. The van der Waals surface area contributed by atoms with Crippen LogP contribution in [0, 0.1) is 0 Å². The molecule has 0 aliphatic heterocycles. The van der Waals surface area contributed by atoms with Gasteiger partial charge in [0.1, 0.15) is 5.15 Å². The molecule has 2 rings (SSSR count). The van der Waals surface area contributed by atoms with Gasteiger partial charge in [0.2, 0.25) is 0 Å². The van der Waals surface area contributed by atoms with Gasteiger partial charge < -0.3 is 10.2 Å².